The third kappa shape index (κ3) is 4.43. The van der Waals surface area contributed by atoms with Crippen LogP contribution in [0.2, 0.25) is 0 Å². The molecule has 0 spiro atoms. The summed E-state index contributed by atoms with van der Waals surface area (Å²) in [7, 11) is 0. The smallest absolute Gasteiger partial charge is 0.0105 e. The number of nitrogens with two attached hydrogens (primary N) is 1. The molecule has 1 aliphatic heterocycles. The molecule has 0 atom stereocenters. The highest BCUT2D eigenvalue weighted by Gasteiger charge is 2.17. The van der Waals surface area contributed by atoms with E-state index in [0.717, 1.165) is 19.0 Å². The first-order chi connectivity index (χ1) is 6.86. The molecule has 14 heavy (non-hydrogen) atoms. The lowest BCUT2D eigenvalue weighted by molar-refractivity contribution is 0.181. The molecule has 0 aromatic heterocycles. The molecule has 0 bridgehead atoms. The van der Waals surface area contributed by atoms with Gasteiger partial charge in [-0.15, -0.1) is 0 Å². The van der Waals surface area contributed by atoms with Crippen molar-refractivity contribution in [1.82, 2.24) is 4.90 Å². The highest BCUT2D eigenvalue weighted by molar-refractivity contribution is 4.72. The summed E-state index contributed by atoms with van der Waals surface area (Å²) in [5.74, 6) is 1.01. The summed E-state index contributed by atoms with van der Waals surface area (Å²) in [6.45, 7) is 6.77. The molecule has 1 aliphatic rings. The monoisotopic (exact) mass is 198 g/mol. The van der Waals surface area contributed by atoms with Crippen molar-refractivity contribution < 1.29 is 0 Å². The minimum Gasteiger partial charge on any atom is -0.329 e. The van der Waals surface area contributed by atoms with Gasteiger partial charge in [-0.2, -0.15) is 0 Å². The van der Waals surface area contributed by atoms with Gasteiger partial charge in [-0.3, -0.25) is 0 Å². The normalized spacial score (nSPS) is 20.1. The molecule has 0 aromatic carbocycles. The Labute approximate surface area is 88.8 Å². The Morgan fingerprint density at radius 1 is 1.21 bits per heavy atom. The lowest BCUT2D eigenvalue weighted by atomic mass is 9.91. The zero-order chi connectivity index (χ0) is 10.2. The van der Waals surface area contributed by atoms with Crippen molar-refractivity contribution in [2.24, 2.45) is 11.7 Å². The quantitative estimate of drug-likeness (QED) is 0.663. The predicted octanol–water partition coefficient (Wildman–Crippen LogP) is 2.24. The molecule has 1 rings (SSSR count). The SMILES string of the molecule is CCCCCC1CCN(CCN)CC1. The van der Waals surface area contributed by atoms with Gasteiger partial charge in [0.05, 0.1) is 0 Å². The maximum Gasteiger partial charge on any atom is 0.0105 e. The molecule has 1 heterocycles. The number of rotatable bonds is 6. The number of nitrogens with zero attached hydrogens (tertiary/aromatic N) is 1. The van der Waals surface area contributed by atoms with Crippen LogP contribution in [0.15, 0.2) is 0 Å². The number of piperidine rings is 1. The molecule has 0 aliphatic carbocycles. The van der Waals surface area contributed by atoms with Crippen molar-refractivity contribution in [3.63, 3.8) is 0 Å². The van der Waals surface area contributed by atoms with E-state index in [9.17, 15) is 0 Å². The number of hydrogen-bond donors (Lipinski definition) is 1. The van der Waals surface area contributed by atoms with Gasteiger partial charge in [-0.1, -0.05) is 32.6 Å². The Kier molecular flexibility index (Phi) is 6.20. The molecule has 1 saturated heterocycles. The first-order valence-corrected chi connectivity index (χ1v) is 6.29. The van der Waals surface area contributed by atoms with Crippen LogP contribution in [0, 0.1) is 5.92 Å². The largest absolute Gasteiger partial charge is 0.329 e. The third-order valence-electron chi connectivity index (χ3n) is 3.37. The molecule has 2 N–H and O–H groups in total. The zero-order valence-corrected chi connectivity index (χ0v) is 9.67. The fraction of sp³-hybridized carbons (Fsp3) is 1.00. The van der Waals surface area contributed by atoms with Crippen molar-refractivity contribution in [2.75, 3.05) is 26.2 Å². The maximum absolute atomic E-state index is 5.55. The second kappa shape index (κ2) is 7.24. The Hall–Kier alpha value is -0.0800. The second-order valence-electron chi connectivity index (χ2n) is 4.57. The van der Waals surface area contributed by atoms with E-state index in [1.54, 1.807) is 0 Å². The van der Waals surface area contributed by atoms with Crippen molar-refractivity contribution in [1.29, 1.82) is 0 Å². The van der Waals surface area contributed by atoms with Gasteiger partial charge in [0, 0.05) is 13.1 Å². The molecule has 0 radical (unpaired) electrons. The van der Waals surface area contributed by atoms with Crippen LogP contribution in [-0.2, 0) is 0 Å². The van der Waals surface area contributed by atoms with Crippen LogP contribution >= 0.6 is 0 Å². The van der Waals surface area contributed by atoms with E-state index in [1.807, 2.05) is 0 Å². The minimum atomic E-state index is 0.820. The van der Waals surface area contributed by atoms with Crippen molar-refractivity contribution in [3.05, 3.63) is 0 Å². The van der Waals surface area contributed by atoms with Crippen LogP contribution in [0.3, 0.4) is 0 Å². The molecular weight excluding hydrogens is 172 g/mol. The highest BCUT2D eigenvalue weighted by Crippen LogP contribution is 2.22. The summed E-state index contributed by atoms with van der Waals surface area (Å²) >= 11 is 0. The molecule has 0 unspecified atom stereocenters. The molecule has 2 heteroatoms. The summed E-state index contributed by atoms with van der Waals surface area (Å²) in [6, 6.07) is 0. The standard InChI is InChI=1S/C12H26N2/c1-2-3-4-5-12-6-9-14(10-7-12)11-8-13/h12H,2-11,13H2,1H3. The molecular formula is C12H26N2. The summed E-state index contributed by atoms with van der Waals surface area (Å²) in [5, 5.41) is 0. The van der Waals surface area contributed by atoms with Gasteiger partial charge in [0.25, 0.3) is 0 Å². The average Bonchev–Trinajstić information content (AvgIpc) is 2.21. The summed E-state index contributed by atoms with van der Waals surface area (Å²) in [4.78, 5) is 2.51. The molecule has 84 valence electrons. The molecule has 0 saturated carbocycles. The predicted molar refractivity (Wildman–Crippen MR) is 62.4 cm³/mol. The molecule has 0 amide bonds. The van der Waals surface area contributed by atoms with E-state index in [1.165, 1.54) is 51.6 Å². The van der Waals surface area contributed by atoms with Crippen molar-refractivity contribution >= 4 is 0 Å². The van der Waals surface area contributed by atoms with E-state index in [4.69, 9.17) is 5.73 Å². The van der Waals surface area contributed by atoms with Crippen LogP contribution in [0.4, 0.5) is 0 Å². The fourth-order valence-corrected chi connectivity index (χ4v) is 2.36. The van der Waals surface area contributed by atoms with Gasteiger partial charge in [0.1, 0.15) is 0 Å². The van der Waals surface area contributed by atoms with E-state index >= 15 is 0 Å². The fourth-order valence-electron chi connectivity index (χ4n) is 2.36. The molecule has 2 nitrogen and oxygen atoms in total. The number of unbranched alkanes of at least 4 members (excludes halogenated alkanes) is 2. The van der Waals surface area contributed by atoms with Crippen LogP contribution in [0.5, 0.6) is 0 Å². The Morgan fingerprint density at radius 2 is 1.93 bits per heavy atom. The minimum absolute atomic E-state index is 0.820. The molecule has 1 fully saturated rings. The van der Waals surface area contributed by atoms with Gasteiger partial charge in [-0.05, 0) is 31.8 Å². The van der Waals surface area contributed by atoms with E-state index in [2.05, 4.69) is 11.8 Å². The topological polar surface area (TPSA) is 29.3 Å². The highest BCUT2D eigenvalue weighted by atomic mass is 15.1. The van der Waals surface area contributed by atoms with Gasteiger partial charge < -0.3 is 10.6 Å². The number of likely N-dealkylation sites (tertiary alicyclic amines) is 1. The second-order valence-corrected chi connectivity index (χ2v) is 4.57. The van der Waals surface area contributed by atoms with Crippen molar-refractivity contribution in [2.45, 2.75) is 45.4 Å². The van der Waals surface area contributed by atoms with E-state index in [-0.39, 0.29) is 0 Å². The van der Waals surface area contributed by atoms with E-state index < -0.39 is 0 Å². The Bertz CT molecular complexity index is 128. The van der Waals surface area contributed by atoms with Gasteiger partial charge in [-0.25, -0.2) is 0 Å². The van der Waals surface area contributed by atoms with Gasteiger partial charge in [0.2, 0.25) is 0 Å². The van der Waals surface area contributed by atoms with Crippen LogP contribution in [-0.4, -0.2) is 31.1 Å². The first-order valence-electron chi connectivity index (χ1n) is 6.29. The lowest BCUT2D eigenvalue weighted by Crippen LogP contribution is -2.36. The van der Waals surface area contributed by atoms with Crippen molar-refractivity contribution in [3.8, 4) is 0 Å². The maximum atomic E-state index is 5.55. The summed E-state index contributed by atoms with van der Waals surface area (Å²) in [6.07, 6.45) is 8.49. The van der Waals surface area contributed by atoms with Gasteiger partial charge >= 0.3 is 0 Å². The Balaban J connectivity index is 2.03. The average molecular weight is 198 g/mol. The molecule has 0 aromatic rings. The van der Waals surface area contributed by atoms with Crippen LogP contribution in [0.25, 0.3) is 0 Å². The summed E-state index contributed by atoms with van der Waals surface area (Å²) < 4.78 is 0. The number of hydrogen-bond acceptors (Lipinski definition) is 2. The lowest BCUT2D eigenvalue weighted by Gasteiger charge is -2.31. The van der Waals surface area contributed by atoms with Gasteiger partial charge in [0.15, 0.2) is 0 Å². The Morgan fingerprint density at radius 3 is 2.50 bits per heavy atom. The van der Waals surface area contributed by atoms with Crippen LogP contribution in [0.1, 0.15) is 45.4 Å². The van der Waals surface area contributed by atoms with E-state index in [0.29, 0.717) is 0 Å². The third-order valence-corrected chi connectivity index (χ3v) is 3.37. The first kappa shape index (κ1) is 12.0. The van der Waals surface area contributed by atoms with Crippen LogP contribution < -0.4 is 5.73 Å². The summed E-state index contributed by atoms with van der Waals surface area (Å²) in [5.41, 5.74) is 5.55. The zero-order valence-electron chi connectivity index (χ0n) is 9.67.